The van der Waals surface area contributed by atoms with Crippen LogP contribution >= 0.6 is 24.0 Å². The van der Waals surface area contributed by atoms with Crippen LogP contribution in [0.15, 0.2) is 35.6 Å². The summed E-state index contributed by atoms with van der Waals surface area (Å²) in [5.74, 6) is 1.73. The maximum Gasteiger partial charge on any atom is 0.223 e. The van der Waals surface area contributed by atoms with Gasteiger partial charge < -0.3 is 15.5 Å². The normalized spacial score (nSPS) is 13.1. The van der Waals surface area contributed by atoms with Crippen LogP contribution in [-0.4, -0.2) is 44.6 Å². The van der Waals surface area contributed by atoms with Crippen molar-refractivity contribution in [2.24, 2.45) is 12.0 Å². The monoisotopic (exact) mass is 497 g/mol. The van der Waals surface area contributed by atoms with E-state index in [1.807, 2.05) is 31.0 Å². The fraction of sp³-hybridized carbons (Fsp3) is 0.474. The number of halogens is 1. The van der Waals surface area contributed by atoms with E-state index in [0.717, 1.165) is 37.8 Å². The molecule has 0 spiro atoms. The van der Waals surface area contributed by atoms with Gasteiger partial charge >= 0.3 is 0 Å². The molecule has 152 valence electrons. The number of carbonyl (C=O) groups is 1. The lowest BCUT2D eigenvalue weighted by Crippen LogP contribution is -2.38. The Hall–Kier alpha value is -2.17. The Bertz CT molecular complexity index is 780. The van der Waals surface area contributed by atoms with Gasteiger partial charge in [-0.15, -0.1) is 24.0 Å². The lowest BCUT2D eigenvalue weighted by molar-refractivity contribution is -0.131. The van der Waals surface area contributed by atoms with E-state index in [1.54, 1.807) is 4.68 Å². The first-order valence-corrected chi connectivity index (χ1v) is 9.37. The fourth-order valence-electron chi connectivity index (χ4n) is 3.07. The number of aromatic nitrogens is 3. The minimum atomic E-state index is 0. The molecule has 1 aliphatic heterocycles. The second kappa shape index (κ2) is 11.0. The predicted octanol–water partition coefficient (Wildman–Crippen LogP) is 1.81. The smallest absolute Gasteiger partial charge is 0.223 e. The lowest BCUT2D eigenvalue weighted by atomic mass is 10.1. The van der Waals surface area contributed by atoms with Crippen LogP contribution in [0.1, 0.15) is 36.7 Å². The zero-order valence-electron chi connectivity index (χ0n) is 16.4. The summed E-state index contributed by atoms with van der Waals surface area (Å²) >= 11 is 0. The van der Waals surface area contributed by atoms with Crippen molar-refractivity contribution in [3.05, 3.63) is 47.5 Å². The van der Waals surface area contributed by atoms with Crippen LogP contribution in [0.2, 0.25) is 0 Å². The third kappa shape index (κ3) is 5.91. The second-order valence-corrected chi connectivity index (χ2v) is 6.54. The molecule has 0 saturated heterocycles. The number of amides is 1. The highest BCUT2D eigenvalue weighted by atomic mass is 127. The van der Waals surface area contributed by atoms with Gasteiger partial charge in [-0.25, -0.2) is 9.98 Å². The lowest BCUT2D eigenvalue weighted by Gasteiger charge is -2.16. The fourth-order valence-corrected chi connectivity index (χ4v) is 3.07. The van der Waals surface area contributed by atoms with Crippen LogP contribution in [0.5, 0.6) is 0 Å². The van der Waals surface area contributed by atoms with E-state index in [4.69, 9.17) is 0 Å². The highest BCUT2D eigenvalue weighted by Crippen LogP contribution is 2.22. The van der Waals surface area contributed by atoms with Crippen LogP contribution in [0, 0.1) is 0 Å². The Balaban J connectivity index is 0.00000280. The molecule has 0 fully saturated rings. The van der Waals surface area contributed by atoms with E-state index in [9.17, 15) is 4.79 Å². The van der Waals surface area contributed by atoms with Gasteiger partial charge in [0, 0.05) is 39.6 Å². The van der Waals surface area contributed by atoms with E-state index < -0.39 is 0 Å². The molecule has 0 radical (unpaired) electrons. The summed E-state index contributed by atoms with van der Waals surface area (Å²) in [6, 6.07) is 8.25. The van der Waals surface area contributed by atoms with Crippen molar-refractivity contribution >= 4 is 35.8 Å². The summed E-state index contributed by atoms with van der Waals surface area (Å²) in [6.45, 7) is 5.39. The van der Waals surface area contributed by atoms with Crippen molar-refractivity contribution in [1.29, 1.82) is 0 Å². The van der Waals surface area contributed by atoms with Crippen LogP contribution in [0.4, 0.5) is 0 Å². The van der Waals surface area contributed by atoms with Crippen molar-refractivity contribution in [2.45, 2.75) is 39.4 Å². The maximum atomic E-state index is 12.4. The predicted molar refractivity (Wildman–Crippen MR) is 119 cm³/mol. The molecule has 3 rings (SSSR count). The zero-order valence-corrected chi connectivity index (χ0v) is 18.7. The van der Waals surface area contributed by atoms with E-state index in [0.29, 0.717) is 19.5 Å². The average molecular weight is 497 g/mol. The Morgan fingerprint density at radius 3 is 2.54 bits per heavy atom. The van der Waals surface area contributed by atoms with E-state index in [1.165, 1.54) is 17.5 Å². The Labute approximate surface area is 182 Å². The minimum Gasteiger partial charge on any atom is -0.357 e. The summed E-state index contributed by atoms with van der Waals surface area (Å²) in [5, 5.41) is 10.5. The van der Waals surface area contributed by atoms with Crippen LogP contribution in [0.25, 0.3) is 0 Å². The largest absolute Gasteiger partial charge is 0.357 e. The number of nitrogens with one attached hydrogen (secondary N) is 2. The molecule has 0 unspecified atom stereocenters. The molecule has 0 aliphatic carbocycles. The summed E-state index contributed by atoms with van der Waals surface area (Å²) < 4.78 is 1.71. The van der Waals surface area contributed by atoms with Crippen molar-refractivity contribution in [3.8, 4) is 0 Å². The molecule has 2 N–H and O–H groups in total. The first-order valence-electron chi connectivity index (χ1n) is 9.37. The van der Waals surface area contributed by atoms with Crippen molar-refractivity contribution < 1.29 is 4.79 Å². The minimum absolute atomic E-state index is 0. The number of nitrogens with zero attached hydrogens (tertiary/aromatic N) is 5. The average Bonchev–Trinajstić information content (AvgIpc) is 3.28. The summed E-state index contributed by atoms with van der Waals surface area (Å²) in [5.41, 5.74) is 2.52. The first kappa shape index (κ1) is 22.1. The van der Waals surface area contributed by atoms with Gasteiger partial charge in [0.2, 0.25) is 5.91 Å². The number of hydrogen-bond acceptors (Lipinski definition) is 4. The van der Waals surface area contributed by atoms with E-state index >= 15 is 0 Å². The summed E-state index contributed by atoms with van der Waals surface area (Å²) in [6.07, 6.45) is 2.82. The second-order valence-electron chi connectivity index (χ2n) is 6.54. The van der Waals surface area contributed by atoms with Crippen LogP contribution in [-0.2, 0) is 31.5 Å². The number of aryl methyl sites for hydroxylation is 1. The highest BCUT2D eigenvalue weighted by Gasteiger charge is 2.22. The molecule has 1 amide bonds. The number of benzene rings is 1. The van der Waals surface area contributed by atoms with Gasteiger partial charge in [0.25, 0.3) is 0 Å². The molecule has 1 aliphatic rings. The number of carbonyl (C=O) groups excluding carboxylic acids is 1. The molecular formula is C19H28IN7O. The van der Waals surface area contributed by atoms with Gasteiger partial charge in [-0.1, -0.05) is 24.3 Å². The Morgan fingerprint density at radius 1 is 1.21 bits per heavy atom. The van der Waals surface area contributed by atoms with Crippen LogP contribution in [0.3, 0.4) is 0 Å². The molecular weight excluding hydrogens is 469 g/mol. The zero-order chi connectivity index (χ0) is 19.1. The molecule has 2 aromatic rings. The van der Waals surface area contributed by atoms with Gasteiger partial charge in [0.05, 0.1) is 0 Å². The quantitative estimate of drug-likeness (QED) is 0.264. The number of rotatable bonds is 7. The number of aliphatic imine (C=N–C) groups is 1. The van der Waals surface area contributed by atoms with Gasteiger partial charge in [0.1, 0.15) is 18.7 Å². The van der Waals surface area contributed by atoms with Gasteiger partial charge in [-0.3, -0.25) is 9.48 Å². The highest BCUT2D eigenvalue weighted by molar-refractivity contribution is 14.0. The molecule has 8 nitrogen and oxygen atoms in total. The third-order valence-corrected chi connectivity index (χ3v) is 4.58. The molecule has 9 heteroatoms. The topological polar surface area (TPSA) is 87.4 Å². The molecule has 2 heterocycles. The Kier molecular flexibility index (Phi) is 8.68. The Morgan fingerprint density at radius 2 is 1.93 bits per heavy atom. The first-order chi connectivity index (χ1) is 13.2. The van der Waals surface area contributed by atoms with Crippen LogP contribution < -0.4 is 10.6 Å². The molecule has 1 aromatic heterocycles. The number of fused-ring (bicyclic) bond motifs is 1. The number of hydrogen-bond donors (Lipinski definition) is 2. The molecule has 28 heavy (non-hydrogen) atoms. The van der Waals surface area contributed by atoms with Crippen molar-refractivity contribution in [1.82, 2.24) is 30.3 Å². The van der Waals surface area contributed by atoms with Gasteiger partial charge in [-0.2, -0.15) is 5.10 Å². The van der Waals surface area contributed by atoms with Gasteiger partial charge in [-0.05, 0) is 24.5 Å². The van der Waals surface area contributed by atoms with E-state index in [2.05, 4.69) is 37.8 Å². The third-order valence-electron chi connectivity index (χ3n) is 4.58. The maximum absolute atomic E-state index is 12.4. The van der Waals surface area contributed by atoms with Gasteiger partial charge in [0.15, 0.2) is 5.96 Å². The standard InChI is InChI=1S/C19H27N7O.HI/c1-3-20-19(22-11-17-23-14-24-25(17)2)21-10-6-9-18(27)26-12-15-7-4-5-8-16(15)13-26;/h4-5,7-8,14H,3,6,9-13H2,1-2H3,(H2,20,21,22);1H. The van der Waals surface area contributed by atoms with Crippen molar-refractivity contribution in [2.75, 3.05) is 13.1 Å². The summed E-state index contributed by atoms with van der Waals surface area (Å²) in [4.78, 5) is 23.0. The molecule has 0 saturated carbocycles. The molecule has 1 aromatic carbocycles. The van der Waals surface area contributed by atoms with Crippen molar-refractivity contribution in [3.63, 3.8) is 0 Å². The SMILES string of the molecule is CCNC(=NCc1ncnn1C)NCCCC(=O)N1Cc2ccccc2C1.I. The summed E-state index contributed by atoms with van der Waals surface area (Å²) in [7, 11) is 1.85. The molecule has 0 atom stereocenters. The number of guanidine groups is 1. The van der Waals surface area contributed by atoms with E-state index in [-0.39, 0.29) is 29.9 Å². The molecule has 0 bridgehead atoms.